The molecule has 1 atom stereocenters. The molecule has 1 saturated heterocycles. The van der Waals surface area contributed by atoms with E-state index in [1.54, 1.807) is 0 Å². The Morgan fingerprint density at radius 1 is 1.17 bits per heavy atom. The first-order chi connectivity index (χ1) is 5.58. The van der Waals surface area contributed by atoms with Crippen LogP contribution < -0.4 is 0 Å². The molecule has 0 aromatic heterocycles. The summed E-state index contributed by atoms with van der Waals surface area (Å²) in [7, 11) is -0.750. The average molecular weight is 186 g/mol. The van der Waals surface area contributed by atoms with Crippen LogP contribution in [0.2, 0.25) is 25.7 Å². The average Bonchev–Trinajstić information content (AvgIpc) is 2.68. The van der Waals surface area contributed by atoms with Gasteiger partial charge >= 0.3 is 0 Å². The summed E-state index contributed by atoms with van der Waals surface area (Å²) in [5.41, 5.74) is 0. The zero-order valence-electron chi connectivity index (χ0n) is 8.73. The van der Waals surface area contributed by atoms with Crippen LogP contribution in [0.5, 0.6) is 0 Å². The van der Waals surface area contributed by atoms with Gasteiger partial charge in [-0.25, -0.2) is 0 Å². The van der Waals surface area contributed by atoms with Gasteiger partial charge in [-0.05, 0) is 6.42 Å². The van der Waals surface area contributed by atoms with Crippen LogP contribution in [0.3, 0.4) is 0 Å². The minimum Gasteiger partial charge on any atom is -0.373 e. The van der Waals surface area contributed by atoms with E-state index >= 15 is 0 Å². The second kappa shape index (κ2) is 4.42. The van der Waals surface area contributed by atoms with Crippen LogP contribution in [0.25, 0.3) is 0 Å². The standard InChI is InChI=1S/C10H22OSi/c1-12(2,3)8-6-4-5-7-10-9-11-10/h10H,4-9H2,1-3H3. The lowest BCUT2D eigenvalue weighted by Gasteiger charge is -2.14. The summed E-state index contributed by atoms with van der Waals surface area (Å²) < 4.78 is 5.16. The maximum Gasteiger partial charge on any atom is 0.0810 e. The molecule has 0 amide bonds. The summed E-state index contributed by atoms with van der Waals surface area (Å²) in [5, 5.41) is 0. The Kier molecular flexibility index (Phi) is 3.78. The van der Waals surface area contributed by atoms with Crippen molar-refractivity contribution in [3.05, 3.63) is 0 Å². The van der Waals surface area contributed by atoms with Crippen LogP contribution in [0, 0.1) is 0 Å². The van der Waals surface area contributed by atoms with Gasteiger partial charge in [-0.15, -0.1) is 0 Å². The highest BCUT2D eigenvalue weighted by Gasteiger charge is 2.21. The summed E-state index contributed by atoms with van der Waals surface area (Å²) in [4.78, 5) is 0. The van der Waals surface area contributed by atoms with E-state index in [2.05, 4.69) is 19.6 Å². The van der Waals surface area contributed by atoms with Gasteiger partial charge < -0.3 is 4.74 Å². The Labute approximate surface area is 77.5 Å². The van der Waals surface area contributed by atoms with Gasteiger partial charge in [-0.3, -0.25) is 0 Å². The Hall–Kier alpha value is 0.177. The van der Waals surface area contributed by atoms with Crippen molar-refractivity contribution in [2.45, 2.75) is 57.5 Å². The predicted octanol–water partition coefficient (Wildman–Crippen LogP) is 3.28. The molecule has 0 aromatic rings. The number of hydrogen-bond acceptors (Lipinski definition) is 1. The van der Waals surface area contributed by atoms with Gasteiger partial charge in [0.05, 0.1) is 12.7 Å². The van der Waals surface area contributed by atoms with E-state index in [1.807, 2.05) is 0 Å². The lowest BCUT2D eigenvalue weighted by molar-refractivity contribution is 0.389. The van der Waals surface area contributed by atoms with Crippen LogP contribution in [-0.2, 0) is 4.74 Å². The summed E-state index contributed by atoms with van der Waals surface area (Å²) in [5.74, 6) is 0. The molecule has 0 aromatic carbocycles. The molecule has 1 fully saturated rings. The van der Waals surface area contributed by atoms with Gasteiger partial charge in [0.25, 0.3) is 0 Å². The lowest BCUT2D eigenvalue weighted by atomic mass is 10.2. The van der Waals surface area contributed by atoms with E-state index in [9.17, 15) is 0 Å². The maximum atomic E-state index is 5.16. The fourth-order valence-corrected chi connectivity index (χ4v) is 2.75. The van der Waals surface area contributed by atoms with Crippen LogP contribution in [0.4, 0.5) is 0 Å². The van der Waals surface area contributed by atoms with Gasteiger partial charge in [0.15, 0.2) is 0 Å². The monoisotopic (exact) mass is 186 g/mol. The van der Waals surface area contributed by atoms with Gasteiger partial charge in [0.1, 0.15) is 0 Å². The zero-order chi connectivity index (χ0) is 9.03. The molecule has 1 aliphatic rings. The largest absolute Gasteiger partial charge is 0.373 e. The normalized spacial score (nSPS) is 22.8. The molecule has 12 heavy (non-hydrogen) atoms. The molecule has 1 heterocycles. The van der Waals surface area contributed by atoms with E-state index < -0.39 is 8.07 Å². The van der Waals surface area contributed by atoms with Crippen molar-refractivity contribution in [3.8, 4) is 0 Å². The minimum atomic E-state index is -0.750. The number of hydrogen-bond donors (Lipinski definition) is 0. The fraction of sp³-hybridized carbons (Fsp3) is 1.00. The highest BCUT2D eigenvalue weighted by Crippen LogP contribution is 2.19. The number of rotatable bonds is 6. The summed E-state index contributed by atoms with van der Waals surface area (Å²) in [6.45, 7) is 8.40. The van der Waals surface area contributed by atoms with Crippen molar-refractivity contribution in [1.82, 2.24) is 0 Å². The number of unbranched alkanes of at least 4 members (excludes halogenated alkanes) is 2. The van der Waals surface area contributed by atoms with Crippen molar-refractivity contribution in [3.63, 3.8) is 0 Å². The minimum absolute atomic E-state index is 0.650. The molecule has 0 spiro atoms. The quantitative estimate of drug-likeness (QED) is 0.352. The van der Waals surface area contributed by atoms with E-state index in [0.29, 0.717) is 6.10 Å². The van der Waals surface area contributed by atoms with Crippen molar-refractivity contribution in [2.75, 3.05) is 6.61 Å². The highest BCUT2D eigenvalue weighted by molar-refractivity contribution is 6.76. The molecule has 1 unspecified atom stereocenters. The molecule has 1 rings (SSSR count). The third-order valence-electron chi connectivity index (χ3n) is 2.36. The second-order valence-corrected chi connectivity index (χ2v) is 10.7. The molecular formula is C10H22OSi. The molecule has 0 saturated carbocycles. The first-order valence-electron chi connectivity index (χ1n) is 5.19. The van der Waals surface area contributed by atoms with Crippen LogP contribution in [0.1, 0.15) is 25.7 Å². The van der Waals surface area contributed by atoms with Crippen molar-refractivity contribution in [1.29, 1.82) is 0 Å². The Morgan fingerprint density at radius 3 is 2.33 bits per heavy atom. The maximum absolute atomic E-state index is 5.16. The topological polar surface area (TPSA) is 12.5 Å². The van der Waals surface area contributed by atoms with Gasteiger partial charge in [-0.1, -0.05) is 44.9 Å². The molecule has 0 aliphatic carbocycles. The molecule has 0 bridgehead atoms. The van der Waals surface area contributed by atoms with Crippen LogP contribution in [0.15, 0.2) is 0 Å². The summed E-state index contributed by atoms with van der Waals surface area (Å²) in [6.07, 6.45) is 6.21. The summed E-state index contributed by atoms with van der Waals surface area (Å²) >= 11 is 0. The number of epoxide rings is 1. The Bertz CT molecular complexity index is 124. The predicted molar refractivity (Wildman–Crippen MR) is 56.4 cm³/mol. The zero-order valence-corrected chi connectivity index (χ0v) is 9.73. The van der Waals surface area contributed by atoms with E-state index in [1.165, 1.54) is 31.7 Å². The van der Waals surface area contributed by atoms with Gasteiger partial charge in [0.2, 0.25) is 0 Å². The third kappa shape index (κ3) is 5.78. The SMILES string of the molecule is C[Si](C)(C)CCCCCC1CO1. The molecule has 1 nitrogen and oxygen atoms in total. The van der Waals surface area contributed by atoms with Crippen molar-refractivity contribution in [2.24, 2.45) is 0 Å². The summed E-state index contributed by atoms with van der Waals surface area (Å²) in [6, 6.07) is 1.50. The molecule has 72 valence electrons. The van der Waals surface area contributed by atoms with Crippen molar-refractivity contribution >= 4 is 8.07 Å². The molecule has 0 N–H and O–H groups in total. The highest BCUT2D eigenvalue weighted by atomic mass is 28.3. The van der Waals surface area contributed by atoms with Crippen molar-refractivity contribution < 1.29 is 4.74 Å². The molecule has 1 aliphatic heterocycles. The fourth-order valence-electron chi connectivity index (χ4n) is 1.44. The first kappa shape index (κ1) is 10.3. The second-order valence-electron chi connectivity index (χ2n) is 5.12. The first-order valence-corrected chi connectivity index (χ1v) is 8.90. The Morgan fingerprint density at radius 2 is 1.83 bits per heavy atom. The molecular weight excluding hydrogens is 164 g/mol. The van der Waals surface area contributed by atoms with Gasteiger partial charge in [-0.2, -0.15) is 0 Å². The van der Waals surface area contributed by atoms with Gasteiger partial charge in [0, 0.05) is 8.07 Å². The lowest BCUT2D eigenvalue weighted by Crippen LogP contribution is -2.18. The third-order valence-corrected chi connectivity index (χ3v) is 4.21. The molecule has 0 radical (unpaired) electrons. The Balaban J connectivity index is 1.82. The number of ether oxygens (including phenoxy) is 1. The smallest absolute Gasteiger partial charge is 0.0810 e. The van der Waals surface area contributed by atoms with E-state index in [4.69, 9.17) is 4.74 Å². The van der Waals surface area contributed by atoms with Crippen LogP contribution in [-0.4, -0.2) is 20.8 Å². The van der Waals surface area contributed by atoms with E-state index in [-0.39, 0.29) is 0 Å². The van der Waals surface area contributed by atoms with Crippen LogP contribution >= 0.6 is 0 Å². The molecule has 2 heteroatoms. The van der Waals surface area contributed by atoms with E-state index in [0.717, 1.165) is 6.61 Å².